The van der Waals surface area contributed by atoms with Crippen LogP contribution in [0, 0.1) is 45.3 Å². The van der Waals surface area contributed by atoms with Crippen LogP contribution in [0.25, 0.3) is 44.0 Å². The van der Waals surface area contributed by atoms with Crippen molar-refractivity contribution in [2.75, 3.05) is 0 Å². The number of aryl methyl sites for hydroxylation is 2. The van der Waals surface area contributed by atoms with Crippen LogP contribution in [0.3, 0.4) is 0 Å². The van der Waals surface area contributed by atoms with E-state index in [0.717, 1.165) is 21.8 Å². The van der Waals surface area contributed by atoms with E-state index < -0.39 is 0 Å². The van der Waals surface area contributed by atoms with Gasteiger partial charge in [0.2, 0.25) is 0 Å². The predicted octanol–water partition coefficient (Wildman–Crippen LogP) is 1.01. The van der Waals surface area contributed by atoms with Gasteiger partial charge in [-0.1, -0.05) is 0 Å². The van der Waals surface area contributed by atoms with Gasteiger partial charge in [-0.3, -0.25) is 0 Å². The van der Waals surface area contributed by atoms with Crippen LogP contribution in [0.15, 0.2) is 24.3 Å². The highest BCUT2D eigenvalue weighted by atomic mass is 15.0. The van der Waals surface area contributed by atoms with Crippen LogP contribution in [-0.2, 0) is 14.1 Å². The second-order valence-corrected chi connectivity index (χ2v) is 6.22. The molecule has 4 rings (SSSR count). The summed E-state index contributed by atoms with van der Waals surface area (Å²) in [5, 5.41) is 38.3. The molecule has 2 aromatic carbocycles. The number of benzene rings is 2. The quantitative estimate of drug-likeness (QED) is 0.459. The molecule has 0 aliphatic rings. The molecule has 8 nitrogen and oxygen atoms in total. The first-order chi connectivity index (χ1) is 13.5. The van der Waals surface area contributed by atoms with Crippen LogP contribution in [0.5, 0.6) is 0 Å². The molecule has 0 spiro atoms. The van der Waals surface area contributed by atoms with Gasteiger partial charge in [0.05, 0.1) is 22.1 Å². The number of rotatable bonds is 0. The lowest BCUT2D eigenvalue weighted by Crippen LogP contribution is -2.17. The fourth-order valence-corrected chi connectivity index (χ4v) is 3.32. The molecule has 0 radical (unpaired) electrons. The Labute approximate surface area is 158 Å². The van der Waals surface area contributed by atoms with Crippen molar-refractivity contribution in [3.8, 4) is 24.3 Å². The van der Waals surface area contributed by atoms with Gasteiger partial charge >= 0.3 is 0 Å². The Hall–Kier alpha value is -4.66. The zero-order valence-electron chi connectivity index (χ0n) is 14.9. The fourth-order valence-electron chi connectivity index (χ4n) is 3.32. The summed E-state index contributed by atoms with van der Waals surface area (Å²) in [5.41, 5.74) is 3.44. The number of fused-ring (bicyclic) bond motifs is 3. The first kappa shape index (κ1) is 16.8. The first-order valence-corrected chi connectivity index (χ1v) is 8.14. The summed E-state index contributed by atoms with van der Waals surface area (Å²) in [6.45, 7) is 0. The number of hydrogen-bond donors (Lipinski definition) is 0. The maximum Gasteiger partial charge on any atom is 0.172 e. The Bertz CT molecular complexity index is 1460. The average molecular weight is 362 g/mol. The predicted molar refractivity (Wildman–Crippen MR) is 101 cm³/mol. The van der Waals surface area contributed by atoms with E-state index in [2.05, 4.69) is 9.97 Å². The standard InChI is InChI=1S/C20H10N8/c1-27-17-5-11-4-16-18(28(2)20(26-16)14(9-23)10-24)6-12(11)3-15(17)25-19(27)13(7-21)8-22/h3-6H,1-2H3. The van der Waals surface area contributed by atoms with Crippen LogP contribution >= 0.6 is 0 Å². The van der Waals surface area contributed by atoms with Crippen molar-refractivity contribution < 1.29 is 0 Å². The maximum atomic E-state index is 9.14. The Kier molecular flexibility index (Phi) is 3.57. The number of hydrogen-bond acceptors (Lipinski definition) is 6. The van der Waals surface area contributed by atoms with Crippen LogP contribution in [0.2, 0.25) is 0 Å². The van der Waals surface area contributed by atoms with Gasteiger partial charge in [-0.05, 0) is 35.0 Å². The molecule has 0 saturated carbocycles. The monoisotopic (exact) mass is 362 g/mol. The van der Waals surface area contributed by atoms with Gasteiger partial charge in [0.25, 0.3) is 0 Å². The summed E-state index contributed by atoms with van der Waals surface area (Å²) in [4.78, 5) is 8.87. The van der Waals surface area contributed by atoms with Crippen molar-refractivity contribution in [2.24, 2.45) is 14.1 Å². The molecule has 130 valence electrons. The summed E-state index contributed by atoms with van der Waals surface area (Å²) in [6, 6.07) is 15.1. The van der Waals surface area contributed by atoms with Gasteiger partial charge < -0.3 is 9.13 Å². The van der Waals surface area contributed by atoms with Crippen LogP contribution in [0.1, 0.15) is 0 Å². The van der Waals surface area contributed by atoms with E-state index in [1.807, 2.05) is 48.5 Å². The molecule has 0 unspecified atom stereocenters. The summed E-state index contributed by atoms with van der Waals surface area (Å²) >= 11 is 0. The molecule has 0 aliphatic carbocycles. The molecule has 0 aliphatic heterocycles. The molecule has 0 fully saturated rings. The van der Waals surface area contributed by atoms with Crippen molar-refractivity contribution >= 4 is 44.0 Å². The Morgan fingerprint density at radius 3 is 1.36 bits per heavy atom. The highest BCUT2D eigenvalue weighted by molar-refractivity contribution is 6.02. The largest absolute Gasteiger partial charge is 0.326 e. The molecule has 2 aromatic heterocycles. The van der Waals surface area contributed by atoms with Crippen molar-refractivity contribution in [1.82, 2.24) is 19.1 Å². The van der Waals surface area contributed by atoms with E-state index in [4.69, 9.17) is 21.0 Å². The fraction of sp³-hybridized carbons (Fsp3) is 0.100. The number of imidazole rings is 2. The van der Waals surface area contributed by atoms with Gasteiger partial charge in [-0.2, -0.15) is 21.0 Å². The summed E-state index contributed by atoms with van der Waals surface area (Å²) in [7, 11) is 3.51. The van der Waals surface area contributed by atoms with E-state index in [-0.39, 0.29) is 11.1 Å². The topological polar surface area (TPSA) is 131 Å². The van der Waals surface area contributed by atoms with Gasteiger partial charge in [-0.15, -0.1) is 0 Å². The lowest BCUT2D eigenvalue weighted by Gasteiger charge is -2.02. The number of nitrogens with zero attached hydrogens (tertiary/aromatic N) is 8. The van der Waals surface area contributed by atoms with Gasteiger partial charge in [0.1, 0.15) is 24.3 Å². The zero-order valence-corrected chi connectivity index (χ0v) is 14.9. The minimum atomic E-state index is -0.0460. The molecular weight excluding hydrogens is 352 g/mol. The maximum absolute atomic E-state index is 9.14. The summed E-state index contributed by atoms with van der Waals surface area (Å²) in [5.74, 6) is 0. The summed E-state index contributed by atoms with van der Waals surface area (Å²) in [6.07, 6.45) is 0. The van der Waals surface area contributed by atoms with Gasteiger partial charge in [0.15, 0.2) is 22.1 Å². The summed E-state index contributed by atoms with van der Waals surface area (Å²) < 4.78 is 3.42. The highest BCUT2D eigenvalue weighted by Gasteiger charge is 2.12. The molecule has 0 N–H and O–H groups in total. The van der Waals surface area contributed by atoms with E-state index in [9.17, 15) is 0 Å². The van der Waals surface area contributed by atoms with Gasteiger partial charge in [0, 0.05) is 14.1 Å². The lowest BCUT2D eigenvalue weighted by atomic mass is 10.1. The van der Waals surface area contributed by atoms with Crippen LogP contribution in [0.4, 0.5) is 0 Å². The van der Waals surface area contributed by atoms with E-state index in [1.54, 1.807) is 23.2 Å². The SMILES string of the molecule is Cn1c(=C(C#N)C#N)nc2cc3cc4c(cc3cc21)nc(=C(C#N)C#N)n4C. The number of nitriles is 4. The average Bonchev–Trinajstić information content (AvgIpc) is 3.18. The molecule has 4 aromatic rings. The minimum absolute atomic E-state index is 0.0460. The molecule has 0 atom stereocenters. The van der Waals surface area contributed by atoms with Crippen molar-refractivity contribution in [1.29, 1.82) is 21.0 Å². The van der Waals surface area contributed by atoms with Gasteiger partial charge in [-0.25, -0.2) is 9.97 Å². The molecule has 0 amide bonds. The number of aromatic nitrogens is 4. The molecule has 8 heteroatoms. The second-order valence-electron chi connectivity index (χ2n) is 6.22. The second kappa shape index (κ2) is 5.95. The lowest BCUT2D eigenvalue weighted by molar-refractivity contribution is 0.897. The van der Waals surface area contributed by atoms with E-state index >= 15 is 0 Å². The van der Waals surface area contributed by atoms with Crippen LogP contribution in [-0.4, -0.2) is 19.1 Å². The smallest absolute Gasteiger partial charge is 0.172 e. The molecule has 0 saturated heterocycles. The van der Waals surface area contributed by atoms with Crippen molar-refractivity contribution in [3.05, 3.63) is 35.2 Å². The minimum Gasteiger partial charge on any atom is -0.326 e. The first-order valence-electron chi connectivity index (χ1n) is 8.14. The molecule has 2 heterocycles. The zero-order chi connectivity index (χ0) is 20.0. The third kappa shape index (κ3) is 2.20. The Balaban J connectivity index is 2.14. The highest BCUT2D eigenvalue weighted by Crippen LogP contribution is 2.25. The van der Waals surface area contributed by atoms with Crippen molar-refractivity contribution in [2.45, 2.75) is 0 Å². The molecule has 28 heavy (non-hydrogen) atoms. The van der Waals surface area contributed by atoms with Crippen LogP contribution < -0.4 is 11.0 Å². The van der Waals surface area contributed by atoms with Crippen molar-refractivity contribution in [3.63, 3.8) is 0 Å². The van der Waals surface area contributed by atoms with E-state index in [1.165, 1.54) is 0 Å². The normalized spacial score (nSPS) is 10.4. The Morgan fingerprint density at radius 1 is 0.679 bits per heavy atom. The third-order valence-corrected chi connectivity index (χ3v) is 4.73. The molecular formula is C20H10N8. The Morgan fingerprint density at radius 2 is 1.04 bits per heavy atom. The van der Waals surface area contributed by atoms with E-state index in [0.29, 0.717) is 22.0 Å². The molecule has 0 bridgehead atoms. The third-order valence-electron chi connectivity index (χ3n) is 4.73.